The molecule has 3 unspecified atom stereocenters. The van der Waals surface area contributed by atoms with Gasteiger partial charge in [0.2, 0.25) is 0 Å². The zero-order valence-electron chi connectivity index (χ0n) is 16.6. The fourth-order valence-corrected chi connectivity index (χ4v) is 4.88. The summed E-state index contributed by atoms with van der Waals surface area (Å²) in [5.41, 5.74) is 0. The summed E-state index contributed by atoms with van der Waals surface area (Å²) in [7, 11) is 4.10. The minimum Gasteiger partial charge on any atom is -0.356 e. The number of aromatic nitrogens is 2. The molecule has 1 aliphatic heterocycles. The number of aliphatic imine (C=N–C) groups is 1. The van der Waals surface area contributed by atoms with Crippen LogP contribution in [0.25, 0.3) is 0 Å². The van der Waals surface area contributed by atoms with Gasteiger partial charge in [-0.25, -0.2) is 0 Å². The molecule has 3 heterocycles. The second-order valence-electron chi connectivity index (χ2n) is 7.51. The molecule has 1 fully saturated rings. The van der Waals surface area contributed by atoms with E-state index in [-0.39, 0.29) is 0 Å². The number of hydrogen-bond donors (Lipinski definition) is 2. The number of piperidine rings is 1. The monoisotopic (exact) mass is 388 g/mol. The molecule has 0 aromatic carbocycles. The Morgan fingerprint density at radius 2 is 2.30 bits per heavy atom. The van der Waals surface area contributed by atoms with Crippen molar-refractivity contribution in [2.45, 2.75) is 32.4 Å². The second-order valence-corrected chi connectivity index (χ2v) is 8.49. The van der Waals surface area contributed by atoms with Crippen molar-refractivity contribution in [1.29, 1.82) is 0 Å². The topological polar surface area (TPSA) is 57.5 Å². The third kappa shape index (κ3) is 5.56. The average Bonchev–Trinajstić information content (AvgIpc) is 3.36. The SMILES string of the molecule is CN=C(NCC(C)Cn1cccn1)NCC1CCCN(C)C1c1cccs1. The van der Waals surface area contributed by atoms with Crippen LogP contribution >= 0.6 is 11.3 Å². The van der Waals surface area contributed by atoms with Gasteiger partial charge < -0.3 is 10.6 Å². The van der Waals surface area contributed by atoms with E-state index in [0.29, 0.717) is 17.9 Å². The number of rotatable bonds is 7. The molecule has 3 atom stereocenters. The maximum absolute atomic E-state index is 4.41. The van der Waals surface area contributed by atoms with Crippen molar-refractivity contribution in [3.63, 3.8) is 0 Å². The van der Waals surface area contributed by atoms with Crippen molar-refractivity contribution >= 4 is 17.3 Å². The molecular formula is C20H32N6S. The molecule has 2 N–H and O–H groups in total. The quantitative estimate of drug-likeness (QED) is 0.566. The van der Waals surface area contributed by atoms with Crippen molar-refractivity contribution < 1.29 is 0 Å². The minimum absolute atomic E-state index is 0.475. The molecule has 2 aromatic heterocycles. The van der Waals surface area contributed by atoms with E-state index in [4.69, 9.17) is 0 Å². The smallest absolute Gasteiger partial charge is 0.190 e. The molecule has 0 spiro atoms. The summed E-state index contributed by atoms with van der Waals surface area (Å²) in [5.74, 6) is 1.96. The third-order valence-electron chi connectivity index (χ3n) is 5.27. The van der Waals surface area contributed by atoms with Crippen LogP contribution in [0.5, 0.6) is 0 Å². The Hall–Kier alpha value is -1.86. The predicted octanol–water partition coefficient (Wildman–Crippen LogP) is 2.83. The number of nitrogens with zero attached hydrogens (tertiary/aromatic N) is 4. The molecule has 0 radical (unpaired) electrons. The van der Waals surface area contributed by atoms with Gasteiger partial charge in [0.25, 0.3) is 0 Å². The lowest BCUT2D eigenvalue weighted by molar-refractivity contribution is 0.125. The van der Waals surface area contributed by atoms with Gasteiger partial charge in [-0.1, -0.05) is 13.0 Å². The van der Waals surface area contributed by atoms with E-state index < -0.39 is 0 Å². The first-order chi connectivity index (χ1) is 13.2. The Kier molecular flexibility index (Phi) is 7.29. The van der Waals surface area contributed by atoms with E-state index in [9.17, 15) is 0 Å². The van der Waals surface area contributed by atoms with Crippen LogP contribution in [0.3, 0.4) is 0 Å². The lowest BCUT2D eigenvalue weighted by Crippen LogP contribution is -2.45. The fourth-order valence-electron chi connectivity index (χ4n) is 3.89. The van der Waals surface area contributed by atoms with Gasteiger partial charge in [-0.3, -0.25) is 14.6 Å². The predicted molar refractivity (Wildman–Crippen MR) is 113 cm³/mol. The van der Waals surface area contributed by atoms with E-state index in [1.807, 2.05) is 41.5 Å². The molecule has 0 saturated carbocycles. The first-order valence-electron chi connectivity index (χ1n) is 9.83. The maximum Gasteiger partial charge on any atom is 0.190 e. The molecule has 148 valence electrons. The summed E-state index contributed by atoms with van der Waals surface area (Å²) < 4.78 is 1.98. The van der Waals surface area contributed by atoms with Gasteiger partial charge in [0.05, 0.1) is 0 Å². The van der Waals surface area contributed by atoms with E-state index in [0.717, 1.165) is 25.6 Å². The Labute approximate surface area is 166 Å². The van der Waals surface area contributed by atoms with Gasteiger partial charge in [0.1, 0.15) is 0 Å². The minimum atomic E-state index is 0.475. The van der Waals surface area contributed by atoms with Crippen molar-refractivity contribution in [2.75, 3.05) is 33.7 Å². The highest BCUT2D eigenvalue weighted by Gasteiger charge is 2.31. The van der Waals surface area contributed by atoms with Crippen LogP contribution in [-0.2, 0) is 6.54 Å². The van der Waals surface area contributed by atoms with Gasteiger partial charge >= 0.3 is 0 Å². The van der Waals surface area contributed by atoms with Crippen molar-refractivity contribution in [3.05, 3.63) is 40.8 Å². The molecule has 6 nitrogen and oxygen atoms in total. The molecule has 3 rings (SSSR count). The highest BCUT2D eigenvalue weighted by molar-refractivity contribution is 7.10. The largest absolute Gasteiger partial charge is 0.356 e. The molecule has 1 aliphatic rings. The molecule has 1 saturated heterocycles. The normalized spacial score (nSPS) is 22.6. The van der Waals surface area contributed by atoms with Crippen LogP contribution < -0.4 is 10.6 Å². The van der Waals surface area contributed by atoms with Crippen LogP contribution in [0.15, 0.2) is 41.0 Å². The van der Waals surface area contributed by atoms with Crippen LogP contribution in [0, 0.1) is 11.8 Å². The highest BCUT2D eigenvalue weighted by Crippen LogP contribution is 2.36. The summed E-state index contributed by atoms with van der Waals surface area (Å²) in [6.07, 6.45) is 6.35. The zero-order valence-corrected chi connectivity index (χ0v) is 17.5. The van der Waals surface area contributed by atoms with Gasteiger partial charge in [-0.05, 0) is 55.8 Å². The lowest BCUT2D eigenvalue weighted by atomic mass is 9.88. The molecule has 0 bridgehead atoms. The lowest BCUT2D eigenvalue weighted by Gasteiger charge is -2.39. The Morgan fingerprint density at radius 3 is 3.00 bits per heavy atom. The Bertz CT molecular complexity index is 681. The first kappa shape index (κ1) is 19.9. The number of thiophene rings is 1. The Morgan fingerprint density at radius 1 is 1.41 bits per heavy atom. The van der Waals surface area contributed by atoms with E-state index in [1.54, 1.807) is 0 Å². The summed E-state index contributed by atoms with van der Waals surface area (Å²) in [6, 6.07) is 6.90. The summed E-state index contributed by atoms with van der Waals surface area (Å²) in [6.45, 7) is 6.13. The van der Waals surface area contributed by atoms with Crippen LogP contribution in [0.4, 0.5) is 0 Å². The fraction of sp³-hybridized carbons (Fsp3) is 0.600. The second kappa shape index (κ2) is 9.90. The highest BCUT2D eigenvalue weighted by atomic mass is 32.1. The molecular weight excluding hydrogens is 356 g/mol. The van der Waals surface area contributed by atoms with Gasteiger partial charge in [-0.2, -0.15) is 5.10 Å². The van der Waals surface area contributed by atoms with Gasteiger partial charge in [0.15, 0.2) is 5.96 Å². The van der Waals surface area contributed by atoms with Crippen LogP contribution in [0.2, 0.25) is 0 Å². The van der Waals surface area contributed by atoms with E-state index in [2.05, 4.69) is 57.1 Å². The number of guanidine groups is 1. The molecule has 0 amide bonds. The first-order valence-corrected chi connectivity index (χ1v) is 10.7. The van der Waals surface area contributed by atoms with Crippen molar-refractivity contribution in [1.82, 2.24) is 25.3 Å². The number of nitrogens with one attached hydrogen (secondary N) is 2. The Balaban J connectivity index is 1.49. The van der Waals surface area contributed by atoms with Crippen LogP contribution in [-0.4, -0.2) is 54.4 Å². The van der Waals surface area contributed by atoms with Gasteiger partial charge in [0, 0.05) is 50.0 Å². The van der Waals surface area contributed by atoms with E-state index >= 15 is 0 Å². The summed E-state index contributed by atoms with van der Waals surface area (Å²) in [5, 5.41) is 13.5. The molecule has 7 heteroatoms. The van der Waals surface area contributed by atoms with Gasteiger partial charge in [-0.15, -0.1) is 11.3 Å². The third-order valence-corrected chi connectivity index (χ3v) is 6.22. The average molecular weight is 389 g/mol. The van der Waals surface area contributed by atoms with E-state index in [1.165, 1.54) is 24.3 Å². The molecule has 27 heavy (non-hydrogen) atoms. The molecule has 0 aliphatic carbocycles. The number of hydrogen-bond acceptors (Lipinski definition) is 4. The zero-order chi connectivity index (χ0) is 19.1. The molecule has 2 aromatic rings. The summed E-state index contributed by atoms with van der Waals surface area (Å²) in [4.78, 5) is 8.39. The number of likely N-dealkylation sites (tertiary alicyclic amines) is 1. The maximum atomic E-state index is 4.41. The standard InChI is InChI=1S/C20H32N6S/c1-16(15-26-11-6-9-24-26)13-22-20(21-2)23-14-17-7-4-10-25(3)19(17)18-8-5-12-27-18/h5-6,8-9,11-12,16-17,19H,4,7,10,13-15H2,1-3H3,(H2,21,22,23). The van der Waals surface area contributed by atoms with Crippen LogP contribution in [0.1, 0.15) is 30.7 Å². The summed E-state index contributed by atoms with van der Waals surface area (Å²) >= 11 is 1.87. The van der Waals surface area contributed by atoms with Crippen molar-refractivity contribution in [3.8, 4) is 0 Å². The van der Waals surface area contributed by atoms with Crippen molar-refractivity contribution in [2.24, 2.45) is 16.8 Å².